The molecule has 6 N–H and O–H groups in total. The number of urea groups is 1. The average Bonchev–Trinajstić information content (AvgIpc) is 3.08. The van der Waals surface area contributed by atoms with E-state index < -0.39 is 36.7 Å². The number of fused-ring (bicyclic) bond motifs is 1. The van der Waals surface area contributed by atoms with Crippen molar-refractivity contribution in [3.05, 3.63) is 53.6 Å². The van der Waals surface area contributed by atoms with Crippen LogP contribution in [0.15, 0.2) is 47.4 Å². The Morgan fingerprint density at radius 2 is 1.93 bits per heavy atom. The molecule has 0 bridgehead atoms. The van der Waals surface area contributed by atoms with Crippen LogP contribution in [0.2, 0.25) is 0 Å². The van der Waals surface area contributed by atoms with Crippen LogP contribution >= 0.6 is 11.8 Å². The largest absolute Gasteiger partial charge is 0.394 e. The van der Waals surface area contributed by atoms with Gasteiger partial charge in [0.2, 0.25) is 0 Å². The van der Waals surface area contributed by atoms with Gasteiger partial charge in [-0.05, 0) is 54.3 Å². The molecule has 2 aliphatic heterocycles. The zero-order valence-corrected chi connectivity index (χ0v) is 25.2. The lowest BCUT2D eigenvalue weighted by Gasteiger charge is -2.40. The molecule has 2 aromatic rings. The van der Waals surface area contributed by atoms with Crippen LogP contribution in [0.4, 0.5) is 16.2 Å². The van der Waals surface area contributed by atoms with Gasteiger partial charge in [0, 0.05) is 53.9 Å². The molecule has 2 heterocycles. The number of thioether (sulfide) groups is 1. The number of nitrogens with zero attached hydrogens (tertiary/aromatic N) is 1. The summed E-state index contributed by atoms with van der Waals surface area (Å²) in [6.45, 7) is 4.01. The fourth-order valence-corrected chi connectivity index (χ4v) is 7.39. The van der Waals surface area contributed by atoms with Gasteiger partial charge in [0.1, 0.15) is 6.10 Å². The summed E-state index contributed by atoms with van der Waals surface area (Å²) in [6.07, 6.45) is -0.945. The number of aliphatic hydroxyl groups excluding tert-OH is 4. The maximum absolute atomic E-state index is 12.9. The monoisotopic (exact) mass is 587 g/mol. The Morgan fingerprint density at radius 1 is 1.15 bits per heavy atom. The number of nitrogens with one attached hydrogen (secondary N) is 2. The first-order chi connectivity index (χ1) is 19.6. The summed E-state index contributed by atoms with van der Waals surface area (Å²) in [5.41, 5.74) is 3.29. The van der Waals surface area contributed by atoms with Crippen molar-refractivity contribution in [3.63, 3.8) is 0 Å². The van der Waals surface area contributed by atoms with Crippen molar-refractivity contribution in [1.82, 2.24) is 5.32 Å². The van der Waals surface area contributed by atoms with E-state index in [1.165, 1.54) is 0 Å². The van der Waals surface area contributed by atoms with Crippen molar-refractivity contribution in [1.29, 1.82) is 0 Å². The predicted molar refractivity (Wildman–Crippen MR) is 163 cm³/mol. The Morgan fingerprint density at radius 3 is 2.61 bits per heavy atom. The molecule has 0 radical (unpaired) electrons. The van der Waals surface area contributed by atoms with E-state index in [4.69, 9.17) is 4.74 Å². The van der Waals surface area contributed by atoms with Crippen molar-refractivity contribution in [2.45, 2.75) is 87.4 Å². The molecule has 2 amide bonds. The highest BCUT2D eigenvalue weighted by molar-refractivity contribution is 7.99. The molecule has 2 aromatic carbocycles. The van der Waals surface area contributed by atoms with E-state index in [-0.39, 0.29) is 24.4 Å². The second-order valence-corrected chi connectivity index (χ2v) is 12.5. The second-order valence-electron chi connectivity index (χ2n) is 11.5. The van der Waals surface area contributed by atoms with Crippen LogP contribution in [-0.2, 0) is 4.74 Å². The molecule has 2 aliphatic rings. The Hall–Kier alpha value is -2.34. The fourth-order valence-electron chi connectivity index (χ4n) is 5.91. The highest BCUT2D eigenvalue weighted by Crippen LogP contribution is 2.51. The molecule has 0 aromatic heterocycles. The molecule has 0 saturated carbocycles. The summed E-state index contributed by atoms with van der Waals surface area (Å²) in [6, 6.07) is 13.3. The summed E-state index contributed by atoms with van der Waals surface area (Å²) in [5.74, 6) is 0.533. The van der Waals surface area contributed by atoms with Gasteiger partial charge >= 0.3 is 6.03 Å². The predicted octanol–water partition coefficient (Wildman–Crippen LogP) is 3.89. The first-order valence-electron chi connectivity index (χ1n) is 14.5. The van der Waals surface area contributed by atoms with Gasteiger partial charge in [-0.15, -0.1) is 11.8 Å². The van der Waals surface area contributed by atoms with E-state index >= 15 is 0 Å². The van der Waals surface area contributed by atoms with Gasteiger partial charge in [0.05, 0.1) is 24.9 Å². The number of hydrogen-bond donors (Lipinski definition) is 6. The normalized spacial score (nSPS) is 29.8. The van der Waals surface area contributed by atoms with E-state index in [2.05, 4.69) is 47.6 Å². The van der Waals surface area contributed by atoms with E-state index in [1.54, 1.807) is 6.07 Å². The van der Waals surface area contributed by atoms with Crippen LogP contribution in [0, 0.1) is 5.41 Å². The SMILES string of the molecule is CCCC[C@]1(CC)CSc2ccc(N(C)C)cc2[C@@H](c2cccc(NC(=O)N[C@@H]3OC(CO)CC(O)C3O)c2)C1O. The number of amides is 2. The molecule has 0 aliphatic carbocycles. The molecule has 9 nitrogen and oxygen atoms in total. The van der Waals surface area contributed by atoms with Gasteiger partial charge in [-0.1, -0.05) is 38.8 Å². The van der Waals surface area contributed by atoms with Crippen molar-refractivity contribution in [2.24, 2.45) is 5.41 Å². The summed E-state index contributed by atoms with van der Waals surface area (Å²) < 4.78 is 5.54. The van der Waals surface area contributed by atoms with Gasteiger partial charge in [0.15, 0.2) is 6.23 Å². The number of benzene rings is 2. The zero-order valence-electron chi connectivity index (χ0n) is 24.4. The van der Waals surface area contributed by atoms with Crippen LogP contribution in [0.1, 0.15) is 63.0 Å². The number of hydrogen-bond acceptors (Lipinski definition) is 8. The van der Waals surface area contributed by atoms with Crippen LogP contribution in [0.5, 0.6) is 0 Å². The number of ether oxygens (including phenoxy) is 1. The number of carbonyl (C=O) groups is 1. The number of aliphatic hydroxyl groups is 4. The third-order valence-electron chi connectivity index (χ3n) is 8.56. The molecule has 10 heteroatoms. The van der Waals surface area contributed by atoms with Gasteiger partial charge in [-0.3, -0.25) is 0 Å². The molecular formula is C31H45N3O6S. The Balaban J connectivity index is 1.65. The maximum atomic E-state index is 12.9. The Bertz CT molecular complexity index is 1180. The van der Waals surface area contributed by atoms with E-state index in [0.29, 0.717) is 5.69 Å². The average molecular weight is 588 g/mol. The maximum Gasteiger partial charge on any atom is 0.321 e. The van der Waals surface area contributed by atoms with Crippen molar-refractivity contribution in [3.8, 4) is 0 Å². The summed E-state index contributed by atoms with van der Waals surface area (Å²) >= 11 is 1.82. The van der Waals surface area contributed by atoms with E-state index in [0.717, 1.165) is 53.1 Å². The molecule has 4 rings (SSSR count). The molecule has 226 valence electrons. The van der Waals surface area contributed by atoms with Crippen LogP contribution in [-0.4, -0.2) is 83.6 Å². The van der Waals surface area contributed by atoms with Crippen molar-refractivity contribution < 1.29 is 30.0 Å². The third kappa shape index (κ3) is 7.01. The lowest BCUT2D eigenvalue weighted by Crippen LogP contribution is -2.57. The highest BCUT2D eigenvalue weighted by Gasteiger charge is 2.44. The van der Waals surface area contributed by atoms with E-state index in [1.807, 2.05) is 44.1 Å². The number of carbonyl (C=O) groups excluding carboxylic acids is 1. The van der Waals surface area contributed by atoms with Crippen LogP contribution in [0.3, 0.4) is 0 Å². The Labute approximate surface area is 247 Å². The highest BCUT2D eigenvalue weighted by atomic mass is 32.2. The van der Waals surface area contributed by atoms with Gasteiger partial charge in [-0.2, -0.15) is 0 Å². The van der Waals surface area contributed by atoms with E-state index in [9.17, 15) is 25.2 Å². The lowest BCUT2D eigenvalue weighted by molar-refractivity contribution is -0.182. The third-order valence-corrected chi connectivity index (χ3v) is 9.97. The van der Waals surface area contributed by atoms with Gasteiger partial charge < -0.3 is 40.7 Å². The molecule has 1 fully saturated rings. The zero-order chi connectivity index (χ0) is 29.7. The Kier molecular flexibility index (Phi) is 10.6. The quantitative estimate of drug-likeness (QED) is 0.260. The number of anilines is 2. The topological polar surface area (TPSA) is 135 Å². The lowest BCUT2D eigenvalue weighted by atomic mass is 9.69. The fraction of sp³-hybridized carbons (Fsp3) is 0.581. The standard InChI is InChI=1S/C31H45N3O6S/c1-5-7-13-31(6-2)18-41-25-12-11-21(34(3)4)15-23(25)26(28(31)38)19-9-8-10-20(14-19)32-30(39)33-29-27(37)24(36)16-22(17-35)40-29/h8-12,14-15,22,24,26-29,35-38H,5-7,13,16-18H2,1-4H3,(H2,32,33,39)/t22?,24?,26-,27?,28?,29-,31-/m1/s1. The smallest absolute Gasteiger partial charge is 0.321 e. The minimum absolute atomic E-state index is 0.0794. The minimum Gasteiger partial charge on any atom is -0.394 e. The molecule has 0 spiro atoms. The van der Waals surface area contributed by atoms with Gasteiger partial charge in [-0.25, -0.2) is 4.79 Å². The molecule has 41 heavy (non-hydrogen) atoms. The molecule has 4 unspecified atom stereocenters. The minimum atomic E-state index is -1.32. The van der Waals surface area contributed by atoms with Crippen molar-refractivity contribution in [2.75, 3.05) is 36.7 Å². The number of unbranched alkanes of at least 4 members (excludes halogenated alkanes) is 1. The van der Waals surface area contributed by atoms with Crippen molar-refractivity contribution >= 4 is 29.2 Å². The van der Waals surface area contributed by atoms with Crippen LogP contribution < -0.4 is 15.5 Å². The first kappa shape index (κ1) is 31.6. The van der Waals surface area contributed by atoms with Crippen LogP contribution in [0.25, 0.3) is 0 Å². The van der Waals surface area contributed by atoms with Gasteiger partial charge in [0.25, 0.3) is 0 Å². The first-order valence-corrected chi connectivity index (χ1v) is 15.5. The molecule has 7 atom stereocenters. The number of rotatable bonds is 9. The summed E-state index contributed by atoms with van der Waals surface area (Å²) in [4.78, 5) is 16.1. The summed E-state index contributed by atoms with van der Waals surface area (Å²) in [7, 11) is 4.01. The molecular weight excluding hydrogens is 542 g/mol. The summed E-state index contributed by atoms with van der Waals surface area (Å²) in [5, 5.41) is 47.4. The molecule has 1 saturated heterocycles. The second kappa shape index (κ2) is 13.8.